The van der Waals surface area contributed by atoms with Crippen molar-refractivity contribution >= 4 is 61.6 Å². The fraction of sp³-hybridized carbons (Fsp3) is 0.105. The quantitative estimate of drug-likeness (QED) is 0.460. The number of hydrogen-bond donors (Lipinski definition) is 0. The molecule has 8 heteroatoms. The number of halogens is 2. The molecule has 0 N–H and O–H groups in total. The van der Waals surface area contributed by atoms with Crippen molar-refractivity contribution in [3.63, 3.8) is 0 Å². The van der Waals surface area contributed by atoms with E-state index in [9.17, 15) is 9.59 Å². The van der Waals surface area contributed by atoms with E-state index in [4.69, 9.17) is 16.3 Å². The number of amides is 1. The number of aromatic nitrogens is 1. The number of anilines is 2. The largest absolute Gasteiger partial charge is 0.456 e. The lowest BCUT2D eigenvalue weighted by atomic mass is 10.2. The van der Waals surface area contributed by atoms with Crippen LogP contribution in [0.2, 0.25) is 5.02 Å². The van der Waals surface area contributed by atoms with Crippen molar-refractivity contribution in [3.05, 3.63) is 74.7 Å². The van der Waals surface area contributed by atoms with E-state index in [0.717, 1.165) is 0 Å². The number of nitrogens with zero attached hydrogens (tertiary/aromatic N) is 2. The highest BCUT2D eigenvalue weighted by Gasteiger charge is 2.19. The maximum Gasteiger partial charge on any atom is 0.339 e. The van der Waals surface area contributed by atoms with Crippen molar-refractivity contribution in [3.8, 4) is 0 Å². The minimum Gasteiger partial charge on any atom is -0.456 e. The Bertz CT molecular complexity index is 992. The minimum absolute atomic E-state index is 0.0119. The molecule has 27 heavy (non-hydrogen) atoms. The predicted molar refractivity (Wildman–Crippen MR) is 110 cm³/mol. The molecule has 0 bridgehead atoms. The molecule has 0 atom stereocenters. The van der Waals surface area contributed by atoms with E-state index in [-0.39, 0.29) is 12.5 Å². The van der Waals surface area contributed by atoms with Crippen LogP contribution in [-0.2, 0) is 16.1 Å². The number of ether oxygens (including phenoxy) is 1. The molecule has 5 nitrogen and oxygen atoms in total. The Morgan fingerprint density at radius 1 is 1.22 bits per heavy atom. The first-order valence-electron chi connectivity index (χ1n) is 7.88. The third-order valence-electron chi connectivity index (χ3n) is 3.56. The molecule has 2 aromatic carbocycles. The maximum atomic E-state index is 12.2. The summed E-state index contributed by atoms with van der Waals surface area (Å²) in [5, 5.41) is 2.76. The predicted octanol–water partition coefficient (Wildman–Crippen LogP) is 5.60. The Balaban J connectivity index is 1.74. The van der Waals surface area contributed by atoms with Gasteiger partial charge in [-0.05, 0) is 46.3 Å². The summed E-state index contributed by atoms with van der Waals surface area (Å²) in [6.45, 7) is 1.47. The van der Waals surface area contributed by atoms with Crippen LogP contribution in [0.25, 0.3) is 0 Å². The van der Waals surface area contributed by atoms with Crippen LogP contribution in [0.3, 0.4) is 0 Å². The Hall–Kier alpha value is -2.22. The van der Waals surface area contributed by atoms with E-state index in [1.54, 1.807) is 47.8 Å². The van der Waals surface area contributed by atoms with Gasteiger partial charge in [0.05, 0.1) is 16.9 Å². The lowest BCUT2D eigenvalue weighted by molar-refractivity contribution is -0.115. The zero-order valence-electron chi connectivity index (χ0n) is 14.2. The number of carbonyl (C=O) groups is 2. The van der Waals surface area contributed by atoms with Gasteiger partial charge in [0, 0.05) is 21.8 Å². The van der Waals surface area contributed by atoms with E-state index in [0.29, 0.717) is 31.6 Å². The minimum atomic E-state index is -0.449. The van der Waals surface area contributed by atoms with Gasteiger partial charge in [-0.2, -0.15) is 0 Å². The first-order chi connectivity index (χ1) is 13.0. The van der Waals surface area contributed by atoms with Gasteiger partial charge in [0.2, 0.25) is 5.91 Å². The zero-order valence-corrected chi connectivity index (χ0v) is 17.3. The second-order valence-electron chi connectivity index (χ2n) is 5.51. The highest BCUT2D eigenvalue weighted by molar-refractivity contribution is 9.10. The van der Waals surface area contributed by atoms with Gasteiger partial charge in [-0.1, -0.05) is 29.8 Å². The lowest BCUT2D eigenvalue weighted by Gasteiger charge is -2.18. The van der Waals surface area contributed by atoms with Gasteiger partial charge in [-0.3, -0.25) is 9.69 Å². The molecule has 1 aromatic heterocycles. The smallest absolute Gasteiger partial charge is 0.339 e. The number of hydrogen-bond acceptors (Lipinski definition) is 5. The second-order valence-corrected chi connectivity index (χ2v) is 7.64. The molecular weight excluding hydrogens is 452 g/mol. The summed E-state index contributed by atoms with van der Waals surface area (Å²) in [5.74, 6) is -0.640. The molecule has 0 fully saturated rings. The topological polar surface area (TPSA) is 59.5 Å². The van der Waals surface area contributed by atoms with Crippen molar-refractivity contribution in [1.29, 1.82) is 0 Å². The van der Waals surface area contributed by atoms with Gasteiger partial charge in [0.1, 0.15) is 6.61 Å². The highest BCUT2D eigenvalue weighted by atomic mass is 79.9. The third kappa shape index (κ3) is 4.74. The zero-order chi connectivity index (χ0) is 19.4. The second kappa shape index (κ2) is 8.65. The van der Waals surface area contributed by atoms with Crippen LogP contribution in [0.5, 0.6) is 0 Å². The number of benzene rings is 2. The Labute approximate surface area is 173 Å². The molecular formula is C19H14BrClN2O3S. The van der Waals surface area contributed by atoms with Gasteiger partial charge < -0.3 is 4.74 Å². The Morgan fingerprint density at radius 3 is 2.70 bits per heavy atom. The van der Waals surface area contributed by atoms with Gasteiger partial charge in [-0.15, -0.1) is 11.3 Å². The Morgan fingerprint density at radius 2 is 2.00 bits per heavy atom. The van der Waals surface area contributed by atoms with Crippen molar-refractivity contribution < 1.29 is 14.3 Å². The van der Waals surface area contributed by atoms with Gasteiger partial charge in [0.15, 0.2) is 5.13 Å². The molecule has 0 aliphatic heterocycles. The van der Waals surface area contributed by atoms with Crippen molar-refractivity contribution in [1.82, 2.24) is 4.98 Å². The molecule has 3 aromatic rings. The van der Waals surface area contributed by atoms with E-state index < -0.39 is 5.97 Å². The van der Waals surface area contributed by atoms with Crippen LogP contribution in [0.15, 0.2) is 58.4 Å². The number of esters is 1. The first-order valence-corrected chi connectivity index (χ1v) is 9.93. The first kappa shape index (κ1) is 19.5. The monoisotopic (exact) mass is 464 g/mol. The summed E-state index contributed by atoms with van der Waals surface area (Å²) >= 11 is 10.6. The summed E-state index contributed by atoms with van der Waals surface area (Å²) in [4.78, 5) is 30.2. The molecule has 1 amide bonds. The molecule has 3 rings (SSSR count). The average Bonchev–Trinajstić information content (AvgIpc) is 3.08. The lowest BCUT2D eigenvalue weighted by Crippen LogP contribution is -2.22. The van der Waals surface area contributed by atoms with Gasteiger partial charge in [0.25, 0.3) is 0 Å². The summed E-state index contributed by atoms with van der Waals surface area (Å²) in [6, 6.07) is 14.0. The van der Waals surface area contributed by atoms with Crippen LogP contribution < -0.4 is 4.90 Å². The van der Waals surface area contributed by atoms with Crippen LogP contribution in [0.1, 0.15) is 23.0 Å². The molecule has 0 spiro atoms. The fourth-order valence-electron chi connectivity index (χ4n) is 2.35. The number of carbonyl (C=O) groups excluding carboxylic acids is 2. The standard InChI is InChI=1S/C19H14BrClN2O3S/c1-12(24)23(15-6-4-5-13(21)9-15)19-22-14(11-27-19)10-26-18(25)16-7-2-3-8-17(16)20/h2-9,11H,10H2,1H3. The van der Waals surface area contributed by atoms with E-state index in [2.05, 4.69) is 20.9 Å². The molecule has 0 saturated carbocycles. The third-order valence-corrected chi connectivity index (χ3v) is 5.36. The molecule has 0 radical (unpaired) electrons. The van der Waals surface area contributed by atoms with E-state index in [1.165, 1.54) is 23.2 Å². The van der Waals surface area contributed by atoms with E-state index in [1.807, 2.05) is 6.07 Å². The van der Waals surface area contributed by atoms with Gasteiger partial charge >= 0.3 is 5.97 Å². The van der Waals surface area contributed by atoms with E-state index >= 15 is 0 Å². The van der Waals surface area contributed by atoms with Crippen molar-refractivity contribution in [2.24, 2.45) is 0 Å². The molecule has 0 aliphatic rings. The maximum absolute atomic E-state index is 12.2. The summed E-state index contributed by atoms with van der Waals surface area (Å²) in [5.41, 5.74) is 1.63. The number of rotatable bonds is 5. The van der Waals surface area contributed by atoms with Crippen LogP contribution in [0, 0.1) is 0 Å². The van der Waals surface area contributed by atoms with Crippen LogP contribution in [0.4, 0.5) is 10.8 Å². The highest BCUT2D eigenvalue weighted by Crippen LogP contribution is 2.30. The Kier molecular flexibility index (Phi) is 6.26. The molecule has 1 heterocycles. The normalized spacial score (nSPS) is 10.5. The summed E-state index contributed by atoms with van der Waals surface area (Å²) in [7, 11) is 0. The molecule has 0 unspecified atom stereocenters. The average molecular weight is 466 g/mol. The summed E-state index contributed by atoms with van der Waals surface area (Å²) < 4.78 is 5.99. The van der Waals surface area contributed by atoms with Crippen molar-refractivity contribution in [2.45, 2.75) is 13.5 Å². The SMILES string of the molecule is CC(=O)N(c1cccc(Cl)c1)c1nc(COC(=O)c2ccccc2Br)cs1. The van der Waals surface area contributed by atoms with Crippen molar-refractivity contribution in [2.75, 3.05) is 4.90 Å². The van der Waals surface area contributed by atoms with Crippen LogP contribution in [-0.4, -0.2) is 16.9 Å². The molecule has 0 saturated heterocycles. The molecule has 138 valence electrons. The summed E-state index contributed by atoms with van der Waals surface area (Å²) in [6.07, 6.45) is 0. The van der Waals surface area contributed by atoms with Gasteiger partial charge in [-0.25, -0.2) is 9.78 Å². The van der Waals surface area contributed by atoms with Crippen LogP contribution >= 0.6 is 38.9 Å². The molecule has 0 aliphatic carbocycles. The fourth-order valence-corrected chi connectivity index (χ4v) is 3.85. The number of thiazole rings is 1.